The molecule has 0 saturated heterocycles. The highest BCUT2D eigenvalue weighted by Crippen LogP contribution is 2.32. The molecule has 0 spiro atoms. The third-order valence-electron chi connectivity index (χ3n) is 4.46. The average Bonchev–Trinajstić information content (AvgIpc) is 2.99. The van der Waals surface area contributed by atoms with Crippen molar-refractivity contribution < 1.29 is 4.79 Å². The first-order valence-electron chi connectivity index (χ1n) is 8.36. The summed E-state index contributed by atoms with van der Waals surface area (Å²) in [6, 6.07) is 13.9. The van der Waals surface area contributed by atoms with Gasteiger partial charge in [0.15, 0.2) is 0 Å². The molecule has 0 aliphatic heterocycles. The van der Waals surface area contributed by atoms with Crippen molar-refractivity contribution in [1.82, 2.24) is 20.2 Å². The number of para-hydroxylation sites is 1. The third-order valence-corrected chi connectivity index (χ3v) is 4.46. The predicted molar refractivity (Wildman–Crippen MR) is 102 cm³/mol. The first-order valence-corrected chi connectivity index (χ1v) is 8.36. The highest BCUT2D eigenvalue weighted by molar-refractivity contribution is 6.21. The fourth-order valence-corrected chi connectivity index (χ4v) is 3.22. The second-order valence-electron chi connectivity index (χ2n) is 6.48. The van der Waals surface area contributed by atoms with Gasteiger partial charge in [-0.3, -0.25) is 9.78 Å². The normalized spacial score (nSPS) is 11.6. The van der Waals surface area contributed by atoms with E-state index in [2.05, 4.69) is 21.4 Å². The van der Waals surface area contributed by atoms with Crippen LogP contribution >= 0.6 is 0 Å². The van der Waals surface area contributed by atoms with Crippen LogP contribution in [0.25, 0.3) is 32.7 Å². The quantitative estimate of drug-likeness (QED) is 0.603. The molecule has 2 aromatic carbocycles. The molecule has 0 aliphatic rings. The summed E-state index contributed by atoms with van der Waals surface area (Å²) in [5.41, 5.74) is 3.52. The zero-order valence-electron chi connectivity index (χ0n) is 14.3. The first-order chi connectivity index (χ1) is 12.1. The van der Waals surface area contributed by atoms with Gasteiger partial charge in [0, 0.05) is 46.5 Å². The van der Waals surface area contributed by atoms with Gasteiger partial charge in [-0.25, -0.2) is 0 Å². The van der Waals surface area contributed by atoms with E-state index in [9.17, 15) is 4.79 Å². The van der Waals surface area contributed by atoms with Gasteiger partial charge in [-0.15, -0.1) is 0 Å². The lowest BCUT2D eigenvalue weighted by Crippen LogP contribution is -2.31. The summed E-state index contributed by atoms with van der Waals surface area (Å²) in [5, 5.41) is 6.00. The summed E-state index contributed by atoms with van der Waals surface area (Å²) >= 11 is 0. The Balaban J connectivity index is 1.90. The molecule has 0 saturated carbocycles. The summed E-state index contributed by atoms with van der Waals surface area (Å²) in [4.78, 5) is 22.8. The molecule has 2 N–H and O–H groups in total. The van der Waals surface area contributed by atoms with Gasteiger partial charge in [0.05, 0.1) is 11.0 Å². The molecular formula is C20H20N4O. The fourth-order valence-electron chi connectivity index (χ4n) is 3.22. The monoisotopic (exact) mass is 332 g/mol. The number of aromatic nitrogens is 2. The van der Waals surface area contributed by atoms with E-state index in [4.69, 9.17) is 0 Å². The number of nitrogens with zero attached hydrogens (tertiary/aromatic N) is 2. The molecule has 0 atom stereocenters. The molecule has 25 heavy (non-hydrogen) atoms. The molecule has 0 bridgehead atoms. The maximum atomic E-state index is 12.8. The van der Waals surface area contributed by atoms with Crippen LogP contribution in [0, 0.1) is 0 Å². The highest BCUT2D eigenvalue weighted by atomic mass is 16.1. The molecule has 0 unspecified atom stereocenters. The van der Waals surface area contributed by atoms with Crippen LogP contribution in [0.4, 0.5) is 0 Å². The van der Waals surface area contributed by atoms with E-state index < -0.39 is 0 Å². The van der Waals surface area contributed by atoms with Crippen molar-refractivity contribution in [3.8, 4) is 0 Å². The second-order valence-corrected chi connectivity index (χ2v) is 6.48. The zero-order valence-corrected chi connectivity index (χ0v) is 14.3. The number of carbonyl (C=O) groups is 1. The number of aromatic amines is 1. The lowest BCUT2D eigenvalue weighted by molar-refractivity contribution is 0.0953. The van der Waals surface area contributed by atoms with Crippen LogP contribution < -0.4 is 5.32 Å². The Bertz CT molecular complexity index is 1080. The predicted octanol–water partition coefficient (Wildman–Crippen LogP) is 3.16. The van der Waals surface area contributed by atoms with E-state index in [1.807, 2.05) is 55.4 Å². The Labute approximate surface area is 145 Å². The fraction of sp³-hybridized carbons (Fsp3) is 0.200. The minimum atomic E-state index is -0.0629. The first kappa shape index (κ1) is 15.6. The number of fused-ring (bicyclic) bond motifs is 5. The highest BCUT2D eigenvalue weighted by Gasteiger charge is 2.16. The van der Waals surface area contributed by atoms with E-state index in [1.165, 1.54) is 0 Å². The van der Waals surface area contributed by atoms with Crippen molar-refractivity contribution in [3.05, 3.63) is 54.2 Å². The Morgan fingerprint density at radius 1 is 1.12 bits per heavy atom. The summed E-state index contributed by atoms with van der Waals surface area (Å²) in [5.74, 6) is -0.0629. The zero-order chi connectivity index (χ0) is 17.4. The van der Waals surface area contributed by atoms with E-state index in [1.54, 1.807) is 6.20 Å². The standard InChI is InChI=1S/C20H20N4O/c1-24(2)11-10-22-20(25)16-12-15-13-6-3-4-8-17(13)23-19(15)18-14(16)7-5-9-21-18/h3-9,12,23H,10-11H2,1-2H3,(H,22,25). The Morgan fingerprint density at radius 3 is 2.76 bits per heavy atom. The molecule has 4 rings (SSSR count). The van der Waals surface area contributed by atoms with Gasteiger partial charge in [-0.05, 0) is 32.3 Å². The number of hydrogen-bond acceptors (Lipinski definition) is 3. The minimum Gasteiger partial charge on any atom is -0.353 e. The van der Waals surface area contributed by atoms with Crippen molar-refractivity contribution >= 4 is 38.6 Å². The molecule has 0 fully saturated rings. The molecule has 2 heterocycles. The Kier molecular flexibility index (Phi) is 3.86. The van der Waals surface area contributed by atoms with Crippen LogP contribution in [-0.2, 0) is 0 Å². The molecule has 5 heteroatoms. The number of rotatable bonds is 4. The van der Waals surface area contributed by atoms with Gasteiger partial charge >= 0.3 is 0 Å². The molecular weight excluding hydrogens is 312 g/mol. The maximum absolute atomic E-state index is 12.8. The van der Waals surface area contributed by atoms with Crippen molar-refractivity contribution in [2.24, 2.45) is 0 Å². The number of nitrogens with one attached hydrogen (secondary N) is 2. The smallest absolute Gasteiger partial charge is 0.252 e. The molecule has 126 valence electrons. The van der Waals surface area contributed by atoms with Crippen molar-refractivity contribution in [2.45, 2.75) is 0 Å². The number of carbonyl (C=O) groups excluding carboxylic acids is 1. The van der Waals surface area contributed by atoms with Crippen LogP contribution in [-0.4, -0.2) is 48.0 Å². The number of hydrogen-bond donors (Lipinski definition) is 2. The molecule has 0 radical (unpaired) electrons. The lowest BCUT2D eigenvalue weighted by Gasteiger charge is -2.12. The van der Waals surface area contributed by atoms with E-state index in [0.717, 1.165) is 39.3 Å². The lowest BCUT2D eigenvalue weighted by atomic mass is 10.0. The van der Waals surface area contributed by atoms with Crippen LogP contribution in [0.1, 0.15) is 10.4 Å². The molecule has 1 amide bonds. The van der Waals surface area contributed by atoms with E-state index in [-0.39, 0.29) is 5.91 Å². The number of H-pyrrole nitrogens is 1. The number of pyridine rings is 1. The third kappa shape index (κ3) is 2.72. The van der Waals surface area contributed by atoms with Crippen LogP contribution in [0.15, 0.2) is 48.7 Å². The van der Waals surface area contributed by atoms with Gasteiger partial charge in [0.25, 0.3) is 5.91 Å². The number of benzene rings is 2. The van der Waals surface area contributed by atoms with Gasteiger partial charge in [-0.1, -0.05) is 24.3 Å². The van der Waals surface area contributed by atoms with Crippen LogP contribution in [0.5, 0.6) is 0 Å². The van der Waals surface area contributed by atoms with Crippen molar-refractivity contribution in [3.63, 3.8) is 0 Å². The topological polar surface area (TPSA) is 61.0 Å². The largest absolute Gasteiger partial charge is 0.353 e. The summed E-state index contributed by atoms with van der Waals surface area (Å²) in [6.45, 7) is 1.41. The van der Waals surface area contributed by atoms with Gasteiger partial charge in [-0.2, -0.15) is 0 Å². The van der Waals surface area contributed by atoms with Gasteiger partial charge in [0.2, 0.25) is 0 Å². The van der Waals surface area contributed by atoms with E-state index >= 15 is 0 Å². The minimum absolute atomic E-state index is 0.0629. The molecule has 2 aromatic heterocycles. The summed E-state index contributed by atoms with van der Waals surface area (Å²) in [7, 11) is 3.98. The molecule has 5 nitrogen and oxygen atoms in total. The number of likely N-dealkylation sites (N-methyl/N-ethyl adjacent to an activating group) is 1. The van der Waals surface area contributed by atoms with Crippen LogP contribution in [0.3, 0.4) is 0 Å². The molecule has 4 aromatic rings. The van der Waals surface area contributed by atoms with E-state index in [0.29, 0.717) is 12.1 Å². The summed E-state index contributed by atoms with van der Waals surface area (Å²) < 4.78 is 0. The van der Waals surface area contributed by atoms with Crippen LogP contribution in [0.2, 0.25) is 0 Å². The summed E-state index contributed by atoms with van der Waals surface area (Å²) in [6.07, 6.45) is 1.76. The maximum Gasteiger partial charge on any atom is 0.252 e. The average molecular weight is 332 g/mol. The Morgan fingerprint density at radius 2 is 1.92 bits per heavy atom. The Hall–Kier alpha value is -2.92. The van der Waals surface area contributed by atoms with Crippen molar-refractivity contribution in [2.75, 3.05) is 27.2 Å². The second kappa shape index (κ2) is 6.18. The van der Waals surface area contributed by atoms with Crippen molar-refractivity contribution in [1.29, 1.82) is 0 Å². The molecule has 0 aliphatic carbocycles. The van der Waals surface area contributed by atoms with Gasteiger partial charge < -0.3 is 15.2 Å². The van der Waals surface area contributed by atoms with Gasteiger partial charge in [0.1, 0.15) is 0 Å². The SMILES string of the molecule is CN(C)CCNC(=O)c1cc2c3ccccc3[nH]c2c2ncccc12. The number of amides is 1.